The Kier molecular flexibility index (Phi) is 3.59. The third kappa shape index (κ3) is 2.50. The highest BCUT2D eigenvalue weighted by molar-refractivity contribution is 5.94. The molecule has 1 unspecified atom stereocenters. The van der Waals surface area contributed by atoms with Gasteiger partial charge in [-0.2, -0.15) is 0 Å². The highest BCUT2D eigenvalue weighted by atomic mass is 16.2. The van der Waals surface area contributed by atoms with E-state index in [1.165, 1.54) is 0 Å². The van der Waals surface area contributed by atoms with Crippen LogP contribution in [0.15, 0.2) is 29.1 Å². The highest BCUT2D eigenvalue weighted by Crippen LogP contribution is 2.39. The Bertz CT molecular complexity index is 922. The molecule has 2 aliphatic heterocycles. The van der Waals surface area contributed by atoms with Crippen LogP contribution in [0.3, 0.4) is 0 Å². The average molecular weight is 340 g/mol. The third-order valence-corrected chi connectivity index (χ3v) is 5.41. The molecule has 2 fully saturated rings. The van der Waals surface area contributed by atoms with Crippen molar-refractivity contribution >= 4 is 22.7 Å². The number of nitrogens with zero attached hydrogens (tertiary/aromatic N) is 3. The number of hydrogen-bond acceptors (Lipinski definition) is 4. The third-order valence-electron chi connectivity index (χ3n) is 5.41. The zero-order valence-electron chi connectivity index (χ0n) is 14.1. The summed E-state index contributed by atoms with van der Waals surface area (Å²) in [6.45, 7) is 1.68. The molecule has 1 aromatic carbocycles. The van der Waals surface area contributed by atoms with Crippen LogP contribution < -0.4 is 5.56 Å². The Morgan fingerprint density at radius 1 is 1.20 bits per heavy atom. The molecule has 0 aliphatic carbocycles. The molecule has 3 heterocycles. The van der Waals surface area contributed by atoms with Crippen LogP contribution in [0.1, 0.15) is 29.9 Å². The van der Waals surface area contributed by atoms with Gasteiger partial charge in [0.05, 0.1) is 16.3 Å². The van der Waals surface area contributed by atoms with E-state index in [1.54, 1.807) is 34.1 Å². The SMILES string of the molecule is CN1CCCC2(CCN(C(=O)c3nc4ccccc4c(=O)[nH]3)C2)C1=O. The van der Waals surface area contributed by atoms with Crippen molar-refractivity contribution < 1.29 is 9.59 Å². The number of hydrogen-bond donors (Lipinski definition) is 1. The van der Waals surface area contributed by atoms with Gasteiger partial charge in [0, 0.05) is 26.7 Å². The predicted octanol–water partition coefficient (Wildman–Crippen LogP) is 1.01. The minimum atomic E-state index is -0.472. The van der Waals surface area contributed by atoms with Crippen LogP contribution in [0.5, 0.6) is 0 Å². The number of fused-ring (bicyclic) bond motifs is 1. The van der Waals surface area contributed by atoms with Crippen molar-refractivity contribution in [3.05, 3.63) is 40.4 Å². The van der Waals surface area contributed by atoms with Crippen molar-refractivity contribution in [2.45, 2.75) is 19.3 Å². The Labute approximate surface area is 144 Å². The molecular formula is C18H20N4O3. The quantitative estimate of drug-likeness (QED) is 0.839. The molecule has 2 aromatic rings. The molecular weight excluding hydrogens is 320 g/mol. The molecule has 2 amide bonds. The zero-order chi connectivity index (χ0) is 17.6. The molecule has 0 bridgehead atoms. The van der Waals surface area contributed by atoms with E-state index in [0.29, 0.717) is 30.4 Å². The number of aromatic amines is 1. The van der Waals surface area contributed by atoms with Crippen molar-refractivity contribution in [3.63, 3.8) is 0 Å². The fourth-order valence-corrected chi connectivity index (χ4v) is 4.03. The maximum atomic E-state index is 12.8. The van der Waals surface area contributed by atoms with E-state index in [9.17, 15) is 14.4 Å². The summed E-state index contributed by atoms with van der Waals surface area (Å²) in [5, 5.41) is 0.459. The second-order valence-electron chi connectivity index (χ2n) is 7.02. The lowest BCUT2D eigenvalue weighted by Gasteiger charge is -2.37. The summed E-state index contributed by atoms with van der Waals surface area (Å²) in [6.07, 6.45) is 2.43. The molecule has 25 heavy (non-hydrogen) atoms. The number of likely N-dealkylation sites (tertiary alicyclic amines) is 2. The van der Waals surface area contributed by atoms with Crippen molar-refractivity contribution in [1.82, 2.24) is 19.8 Å². The number of H-pyrrole nitrogens is 1. The van der Waals surface area contributed by atoms with E-state index in [1.807, 2.05) is 7.05 Å². The predicted molar refractivity (Wildman–Crippen MR) is 92.2 cm³/mol. The van der Waals surface area contributed by atoms with E-state index in [4.69, 9.17) is 0 Å². The summed E-state index contributed by atoms with van der Waals surface area (Å²) in [7, 11) is 1.82. The first-order chi connectivity index (χ1) is 12.0. The van der Waals surface area contributed by atoms with E-state index in [-0.39, 0.29) is 23.2 Å². The van der Waals surface area contributed by atoms with Crippen molar-refractivity contribution in [2.75, 3.05) is 26.7 Å². The van der Waals surface area contributed by atoms with Gasteiger partial charge in [0.15, 0.2) is 5.82 Å². The van der Waals surface area contributed by atoms with Gasteiger partial charge in [0.25, 0.3) is 11.5 Å². The highest BCUT2D eigenvalue weighted by Gasteiger charge is 2.48. The van der Waals surface area contributed by atoms with Crippen LogP contribution in [0.4, 0.5) is 0 Å². The van der Waals surface area contributed by atoms with E-state index in [0.717, 1.165) is 19.4 Å². The largest absolute Gasteiger partial charge is 0.345 e. The number of aromatic nitrogens is 2. The number of amides is 2. The van der Waals surface area contributed by atoms with Crippen LogP contribution in [-0.2, 0) is 4.79 Å². The zero-order valence-corrected chi connectivity index (χ0v) is 14.1. The van der Waals surface area contributed by atoms with Gasteiger partial charge in [-0.1, -0.05) is 12.1 Å². The second-order valence-corrected chi connectivity index (χ2v) is 7.02. The van der Waals surface area contributed by atoms with E-state index < -0.39 is 5.41 Å². The number of nitrogens with one attached hydrogen (secondary N) is 1. The lowest BCUT2D eigenvalue weighted by Crippen LogP contribution is -2.48. The Morgan fingerprint density at radius 2 is 2.00 bits per heavy atom. The first kappa shape index (κ1) is 15.8. The van der Waals surface area contributed by atoms with E-state index in [2.05, 4.69) is 9.97 Å². The van der Waals surface area contributed by atoms with Crippen molar-refractivity contribution in [2.24, 2.45) is 5.41 Å². The molecule has 2 aliphatic rings. The van der Waals surface area contributed by atoms with Crippen molar-refractivity contribution in [3.8, 4) is 0 Å². The van der Waals surface area contributed by atoms with Crippen LogP contribution in [0.25, 0.3) is 10.9 Å². The molecule has 4 rings (SSSR count). The maximum Gasteiger partial charge on any atom is 0.289 e. The Hall–Kier alpha value is -2.70. The van der Waals surface area contributed by atoms with Gasteiger partial charge in [0.1, 0.15) is 0 Å². The van der Waals surface area contributed by atoms with Gasteiger partial charge in [-0.25, -0.2) is 4.98 Å². The number of para-hydroxylation sites is 1. The molecule has 1 atom stereocenters. The molecule has 7 heteroatoms. The summed E-state index contributed by atoms with van der Waals surface area (Å²) in [5.74, 6) is -0.160. The summed E-state index contributed by atoms with van der Waals surface area (Å²) < 4.78 is 0. The normalized spacial score (nSPS) is 23.6. The Morgan fingerprint density at radius 3 is 2.84 bits per heavy atom. The van der Waals surface area contributed by atoms with E-state index >= 15 is 0 Å². The van der Waals surface area contributed by atoms with Gasteiger partial charge in [0.2, 0.25) is 5.91 Å². The topological polar surface area (TPSA) is 86.4 Å². The number of benzene rings is 1. The van der Waals surface area contributed by atoms with Crippen molar-refractivity contribution in [1.29, 1.82) is 0 Å². The van der Waals surface area contributed by atoms with Gasteiger partial charge >= 0.3 is 0 Å². The average Bonchev–Trinajstić information content (AvgIpc) is 3.04. The first-order valence-electron chi connectivity index (χ1n) is 8.54. The molecule has 7 nitrogen and oxygen atoms in total. The van der Waals surface area contributed by atoms with Crippen LogP contribution in [0, 0.1) is 5.41 Å². The summed E-state index contributed by atoms with van der Waals surface area (Å²) >= 11 is 0. The summed E-state index contributed by atoms with van der Waals surface area (Å²) in [4.78, 5) is 47.9. The molecule has 1 aromatic heterocycles. The van der Waals surface area contributed by atoms with Gasteiger partial charge in [-0.05, 0) is 31.4 Å². The monoisotopic (exact) mass is 340 g/mol. The number of rotatable bonds is 1. The Balaban J connectivity index is 1.62. The maximum absolute atomic E-state index is 12.8. The van der Waals surface area contributed by atoms with Gasteiger partial charge in [-0.15, -0.1) is 0 Å². The van der Waals surface area contributed by atoms with Crippen LogP contribution >= 0.6 is 0 Å². The molecule has 0 radical (unpaired) electrons. The molecule has 1 N–H and O–H groups in total. The smallest absolute Gasteiger partial charge is 0.289 e. The van der Waals surface area contributed by atoms with Crippen LogP contribution in [0.2, 0.25) is 0 Å². The summed E-state index contributed by atoms with van der Waals surface area (Å²) in [5.41, 5.74) is -0.298. The number of piperidine rings is 1. The fraction of sp³-hybridized carbons (Fsp3) is 0.444. The lowest BCUT2D eigenvalue weighted by atomic mass is 9.78. The molecule has 130 valence electrons. The minimum Gasteiger partial charge on any atom is -0.345 e. The molecule has 0 saturated carbocycles. The molecule has 1 spiro atoms. The fourth-order valence-electron chi connectivity index (χ4n) is 4.03. The van der Waals surface area contributed by atoms with Crippen LogP contribution in [-0.4, -0.2) is 58.3 Å². The second kappa shape index (κ2) is 5.68. The molecule has 2 saturated heterocycles. The standard InChI is InChI=1S/C18H20N4O3/c1-21-9-4-7-18(17(21)25)8-10-22(11-18)16(24)14-19-13-6-3-2-5-12(13)15(23)20-14/h2-3,5-6H,4,7-11H2,1H3,(H,19,20,23). The van der Waals surface area contributed by atoms with Gasteiger partial charge < -0.3 is 14.8 Å². The number of carbonyl (C=O) groups excluding carboxylic acids is 2. The number of carbonyl (C=O) groups is 2. The minimum absolute atomic E-state index is 0.0392. The lowest BCUT2D eigenvalue weighted by molar-refractivity contribution is -0.143. The van der Waals surface area contributed by atoms with Gasteiger partial charge in [-0.3, -0.25) is 14.4 Å². The summed E-state index contributed by atoms with van der Waals surface area (Å²) in [6, 6.07) is 6.93. The first-order valence-corrected chi connectivity index (χ1v) is 8.54.